The van der Waals surface area contributed by atoms with Crippen LogP contribution in [0.5, 0.6) is 0 Å². The van der Waals surface area contributed by atoms with Gasteiger partial charge in [-0.2, -0.15) is 0 Å². The number of carbonyl (C=O) groups is 2. The number of carbonyl (C=O) groups excluding carboxylic acids is 2. The third-order valence-corrected chi connectivity index (χ3v) is 3.65. The molecule has 0 spiro atoms. The van der Waals surface area contributed by atoms with E-state index in [2.05, 4.69) is 24.5 Å². The van der Waals surface area contributed by atoms with Crippen LogP contribution in [0.15, 0.2) is 24.3 Å². The van der Waals surface area contributed by atoms with E-state index in [1.54, 1.807) is 24.3 Å². The molecule has 0 bridgehead atoms. The van der Waals surface area contributed by atoms with E-state index >= 15 is 0 Å². The van der Waals surface area contributed by atoms with E-state index in [0.29, 0.717) is 23.2 Å². The predicted molar refractivity (Wildman–Crippen MR) is 86.4 cm³/mol. The number of nitrogens with one attached hydrogen (secondary N) is 2. The molecule has 0 saturated heterocycles. The Kier molecular flexibility index (Phi) is 7.83. The summed E-state index contributed by atoms with van der Waals surface area (Å²) in [5.41, 5.74) is 0.553. The highest BCUT2D eigenvalue weighted by molar-refractivity contribution is 6.39. The first-order chi connectivity index (χ1) is 10.1. The molecule has 1 aromatic rings. The average molecular weight is 311 g/mol. The molecule has 0 aliphatic rings. The molecule has 2 N–H and O–H groups in total. The second kappa shape index (κ2) is 9.40. The van der Waals surface area contributed by atoms with E-state index < -0.39 is 11.8 Å². The molecule has 0 saturated carbocycles. The molecule has 5 heteroatoms. The Bertz CT molecular complexity index is 460. The second-order valence-corrected chi connectivity index (χ2v) is 5.52. The Morgan fingerprint density at radius 2 is 1.81 bits per heavy atom. The minimum atomic E-state index is -0.650. The largest absolute Gasteiger partial charge is 0.348 e. The van der Waals surface area contributed by atoms with Crippen molar-refractivity contribution in [3.63, 3.8) is 0 Å². The van der Waals surface area contributed by atoms with Crippen LogP contribution in [-0.4, -0.2) is 18.4 Å². The van der Waals surface area contributed by atoms with Gasteiger partial charge in [-0.3, -0.25) is 9.59 Å². The first-order valence-corrected chi connectivity index (χ1v) is 7.79. The van der Waals surface area contributed by atoms with Crippen LogP contribution in [0, 0.1) is 5.92 Å². The molecule has 0 aromatic heterocycles. The lowest BCUT2D eigenvalue weighted by atomic mass is 9.99. The molecular formula is C16H23ClN2O2. The van der Waals surface area contributed by atoms with E-state index in [9.17, 15) is 9.59 Å². The fraction of sp³-hybridized carbons (Fsp3) is 0.500. The lowest BCUT2D eigenvalue weighted by Crippen LogP contribution is -2.38. The molecule has 1 rings (SSSR count). The molecule has 2 amide bonds. The van der Waals surface area contributed by atoms with Gasteiger partial charge in [0.25, 0.3) is 0 Å². The maximum absolute atomic E-state index is 11.8. The molecule has 1 aromatic carbocycles. The Labute approximate surface area is 131 Å². The van der Waals surface area contributed by atoms with Gasteiger partial charge in [0.1, 0.15) is 0 Å². The van der Waals surface area contributed by atoms with E-state index in [4.69, 9.17) is 11.6 Å². The van der Waals surface area contributed by atoms with Crippen LogP contribution in [0.1, 0.15) is 39.5 Å². The molecule has 4 nitrogen and oxygen atoms in total. The van der Waals surface area contributed by atoms with Crippen molar-refractivity contribution in [1.29, 1.82) is 0 Å². The second-order valence-electron chi connectivity index (χ2n) is 5.09. The molecule has 0 aliphatic heterocycles. The van der Waals surface area contributed by atoms with Crippen molar-refractivity contribution in [2.75, 3.05) is 11.9 Å². The zero-order valence-electron chi connectivity index (χ0n) is 12.6. The number of rotatable bonds is 7. The number of hydrogen-bond acceptors (Lipinski definition) is 2. The average Bonchev–Trinajstić information content (AvgIpc) is 2.49. The van der Waals surface area contributed by atoms with Crippen LogP contribution in [-0.2, 0) is 9.59 Å². The number of anilines is 1. The zero-order valence-corrected chi connectivity index (χ0v) is 13.4. The fourth-order valence-corrected chi connectivity index (χ4v) is 2.11. The van der Waals surface area contributed by atoms with Crippen molar-refractivity contribution >= 4 is 29.1 Å². The smallest absolute Gasteiger partial charge is 0.313 e. The normalized spacial score (nSPS) is 11.8. The van der Waals surface area contributed by atoms with E-state index in [0.717, 1.165) is 25.7 Å². The van der Waals surface area contributed by atoms with Gasteiger partial charge in [0.15, 0.2) is 0 Å². The van der Waals surface area contributed by atoms with E-state index in [1.165, 1.54) is 0 Å². The summed E-state index contributed by atoms with van der Waals surface area (Å²) in [4.78, 5) is 23.5. The molecule has 21 heavy (non-hydrogen) atoms. The Morgan fingerprint density at radius 1 is 1.14 bits per heavy atom. The van der Waals surface area contributed by atoms with Crippen molar-refractivity contribution < 1.29 is 9.59 Å². The van der Waals surface area contributed by atoms with Crippen molar-refractivity contribution in [3.8, 4) is 0 Å². The molecule has 1 atom stereocenters. The summed E-state index contributed by atoms with van der Waals surface area (Å²) in [6.07, 6.45) is 4.36. The van der Waals surface area contributed by atoms with Gasteiger partial charge in [-0.15, -0.1) is 0 Å². The van der Waals surface area contributed by atoms with Crippen LogP contribution >= 0.6 is 11.6 Å². The van der Waals surface area contributed by atoms with Gasteiger partial charge in [-0.1, -0.05) is 44.7 Å². The van der Waals surface area contributed by atoms with Crippen LogP contribution in [0.25, 0.3) is 0 Å². The van der Waals surface area contributed by atoms with Gasteiger partial charge in [0, 0.05) is 17.3 Å². The van der Waals surface area contributed by atoms with Crippen molar-refractivity contribution in [3.05, 3.63) is 29.3 Å². The number of halogens is 1. The third-order valence-electron chi connectivity index (χ3n) is 3.40. The molecular weight excluding hydrogens is 288 g/mol. The Hall–Kier alpha value is -1.55. The summed E-state index contributed by atoms with van der Waals surface area (Å²) in [6.45, 7) is 4.79. The van der Waals surface area contributed by atoms with E-state index in [1.807, 2.05) is 0 Å². The molecule has 116 valence electrons. The van der Waals surface area contributed by atoms with Crippen LogP contribution in [0.4, 0.5) is 5.69 Å². The van der Waals surface area contributed by atoms with Crippen LogP contribution in [0.3, 0.4) is 0 Å². The summed E-state index contributed by atoms with van der Waals surface area (Å²) in [5.74, 6) is -0.820. The van der Waals surface area contributed by atoms with Crippen LogP contribution < -0.4 is 10.6 Å². The van der Waals surface area contributed by atoms with Gasteiger partial charge in [-0.05, 0) is 36.6 Å². The maximum atomic E-state index is 11.8. The molecule has 0 radical (unpaired) electrons. The fourth-order valence-electron chi connectivity index (χ4n) is 1.98. The number of benzene rings is 1. The summed E-state index contributed by atoms with van der Waals surface area (Å²) in [5, 5.41) is 5.82. The Morgan fingerprint density at radius 3 is 2.38 bits per heavy atom. The quantitative estimate of drug-likeness (QED) is 0.756. The van der Waals surface area contributed by atoms with E-state index in [-0.39, 0.29) is 0 Å². The van der Waals surface area contributed by atoms with Gasteiger partial charge >= 0.3 is 11.8 Å². The minimum Gasteiger partial charge on any atom is -0.348 e. The number of amides is 2. The molecule has 0 aliphatic carbocycles. The highest BCUT2D eigenvalue weighted by atomic mass is 35.5. The summed E-state index contributed by atoms with van der Waals surface area (Å²) >= 11 is 5.76. The third kappa shape index (κ3) is 6.63. The predicted octanol–water partition coefficient (Wildman–Crippen LogP) is 3.61. The zero-order chi connectivity index (χ0) is 15.7. The molecule has 0 unspecified atom stereocenters. The lowest BCUT2D eigenvalue weighted by molar-refractivity contribution is -0.136. The first-order valence-electron chi connectivity index (χ1n) is 7.41. The molecule has 0 fully saturated rings. The monoisotopic (exact) mass is 310 g/mol. The SMILES string of the molecule is CCCC[C@H](CC)CNC(=O)C(=O)Nc1ccc(Cl)cc1. The summed E-state index contributed by atoms with van der Waals surface area (Å²) in [6, 6.07) is 6.63. The first kappa shape index (κ1) is 17.5. The summed E-state index contributed by atoms with van der Waals surface area (Å²) in [7, 11) is 0. The van der Waals surface area contributed by atoms with Gasteiger partial charge in [-0.25, -0.2) is 0 Å². The van der Waals surface area contributed by atoms with Crippen molar-refractivity contribution in [1.82, 2.24) is 5.32 Å². The van der Waals surface area contributed by atoms with Gasteiger partial charge in [0.2, 0.25) is 0 Å². The maximum Gasteiger partial charge on any atom is 0.313 e. The summed E-state index contributed by atoms with van der Waals surface area (Å²) < 4.78 is 0. The van der Waals surface area contributed by atoms with Crippen LogP contribution in [0.2, 0.25) is 5.02 Å². The molecule has 0 heterocycles. The van der Waals surface area contributed by atoms with Gasteiger partial charge in [0.05, 0.1) is 0 Å². The Balaban J connectivity index is 2.40. The number of hydrogen-bond donors (Lipinski definition) is 2. The highest BCUT2D eigenvalue weighted by Gasteiger charge is 2.15. The van der Waals surface area contributed by atoms with Crippen molar-refractivity contribution in [2.24, 2.45) is 5.92 Å². The minimum absolute atomic E-state index is 0.428. The highest BCUT2D eigenvalue weighted by Crippen LogP contribution is 2.13. The van der Waals surface area contributed by atoms with Gasteiger partial charge < -0.3 is 10.6 Å². The van der Waals surface area contributed by atoms with Crippen molar-refractivity contribution in [2.45, 2.75) is 39.5 Å². The number of unbranched alkanes of at least 4 members (excludes halogenated alkanes) is 1. The topological polar surface area (TPSA) is 58.2 Å². The standard InChI is InChI=1S/C16H23ClN2O2/c1-3-5-6-12(4-2)11-18-15(20)16(21)19-14-9-7-13(17)8-10-14/h7-10,12H,3-6,11H2,1-2H3,(H,18,20)(H,19,21)/t12-/m0/s1. The lowest BCUT2D eigenvalue weighted by Gasteiger charge is -2.15.